The first-order valence-corrected chi connectivity index (χ1v) is 7.34. The van der Waals surface area contributed by atoms with E-state index in [2.05, 4.69) is 15.4 Å². The molecule has 2 aromatic rings. The van der Waals surface area contributed by atoms with Crippen LogP contribution in [0.15, 0.2) is 54.6 Å². The van der Waals surface area contributed by atoms with E-state index in [-0.39, 0.29) is 11.7 Å². The molecule has 0 aliphatic heterocycles. The van der Waals surface area contributed by atoms with E-state index in [1.165, 1.54) is 25.3 Å². The molecule has 0 saturated heterocycles. The van der Waals surface area contributed by atoms with Crippen LogP contribution in [0.5, 0.6) is 5.75 Å². The zero-order valence-electron chi connectivity index (χ0n) is 13.3. The first-order chi connectivity index (χ1) is 12.0. The van der Waals surface area contributed by atoms with Crippen molar-refractivity contribution >= 4 is 23.6 Å². The molecule has 2 rings (SSSR count). The molecule has 25 heavy (non-hydrogen) atoms. The molecule has 2 aromatic carbocycles. The van der Waals surface area contributed by atoms with Gasteiger partial charge in [-0.15, -0.1) is 0 Å². The Balaban J connectivity index is 2.03. The molecule has 130 valence electrons. The predicted octanol–water partition coefficient (Wildman–Crippen LogP) is 3.30. The van der Waals surface area contributed by atoms with Gasteiger partial charge in [0.1, 0.15) is 5.75 Å². The topological polar surface area (TPSA) is 67.4 Å². The Morgan fingerprint density at radius 3 is 2.40 bits per heavy atom. The molecule has 0 radical (unpaired) electrons. The summed E-state index contributed by atoms with van der Waals surface area (Å²) in [7, 11) is 1.53. The summed E-state index contributed by atoms with van der Waals surface area (Å²) in [6.07, 6.45) is 2.59. The van der Waals surface area contributed by atoms with Crippen molar-refractivity contribution in [1.82, 2.24) is 5.32 Å². The first kappa shape index (κ1) is 18.1. The third-order valence-electron chi connectivity index (χ3n) is 3.19. The van der Waals surface area contributed by atoms with Crippen molar-refractivity contribution in [2.75, 3.05) is 12.4 Å². The number of ether oxygens (including phenoxy) is 1. The van der Waals surface area contributed by atoms with Crippen molar-refractivity contribution in [1.29, 1.82) is 0 Å². The fourth-order valence-electron chi connectivity index (χ4n) is 2.02. The van der Waals surface area contributed by atoms with Crippen LogP contribution < -0.4 is 15.4 Å². The van der Waals surface area contributed by atoms with E-state index in [0.717, 1.165) is 0 Å². The van der Waals surface area contributed by atoms with Gasteiger partial charge in [0, 0.05) is 29.9 Å². The average molecular weight is 346 g/mol. The van der Waals surface area contributed by atoms with Crippen molar-refractivity contribution in [2.45, 2.75) is 6.61 Å². The highest BCUT2D eigenvalue weighted by atomic mass is 19.3. The van der Waals surface area contributed by atoms with Crippen LogP contribution in [0.1, 0.15) is 15.9 Å². The van der Waals surface area contributed by atoms with Crippen molar-refractivity contribution in [3.63, 3.8) is 0 Å². The molecule has 0 unspecified atom stereocenters. The summed E-state index contributed by atoms with van der Waals surface area (Å²) in [5.41, 5.74) is 1.32. The lowest BCUT2D eigenvalue weighted by atomic mass is 10.2. The summed E-state index contributed by atoms with van der Waals surface area (Å²) in [6.45, 7) is -2.94. The number of amides is 2. The molecule has 0 aliphatic carbocycles. The molecule has 0 spiro atoms. The van der Waals surface area contributed by atoms with Gasteiger partial charge in [0.15, 0.2) is 0 Å². The van der Waals surface area contributed by atoms with E-state index in [0.29, 0.717) is 16.8 Å². The zero-order chi connectivity index (χ0) is 18.2. The monoisotopic (exact) mass is 346 g/mol. The van der Waals surface area contributed by atoms with Crippen molar-refractivity contribution in [2.24, 2.45) is 0 Å². The minimum absolute atomic E-state index is 0.0171. The number of hydrogen-bond acceptors (Lipinski definition) is 3. The number of nitrogens with one attached hydrogen (secondary N) is 2. The Morgan fingerprint density at radius 2 is 1.76 bits per heavy atom. The lowest BCUT2D eigenvalue weighted by Crippen LogP contribution is -2.17. The van der Waals surface area contributed by atoms with Crippen LogP contribution in [0.3, 0.4) is 0 Å². The number of carbonyl (C=O) groups excluding carboxylic acids is 2. The maximum Gasteiger partial charge on any atom is 0.387 e. The second kappa shape index (κ2) is 8.58. The van der Waals surface area contributed by atoms with Gasteiger partial charge in [-0.25, -0.2) is 0 Å². The Hall–Kier alpha value is -3.22. The maximum absolute atomic E-state index is 12.3. The molecule has 5 nitrogen and oxygen atoms in total. The van der Waals surface area contributed by atoms with E-state index < -0.39 is 12.5 Å². The largest absolute Gasteiger partial charge is 0.434 e. The van der Waals surface area contributed by atoms with Gasteiger partial charge in [-0.05, 0) is 36.4 Å². The van der Waals surface area contributed by atoms with Gasteiger partial charge < -0.3 is 15.4 Å². The molecular weight excluding hydrogens is 330 g/mol. The summed E-state index contributed by atoms with van der Waals surface area (Å²) in [5.74, 6) is -0.690. The quantitative estimate of drug-likeness (QED) is 0.789. The van der Waals surface area contributed by atoms with E-state index in [4.69, 9.17) is 0 Å². The highest BCUT2D eigenvalue weighted by molar-refractivity contribution is 6.02. The molecule has 2 amide bonds. The zero-order valence-corrected chi connectivity index (χ0v) is 13.3. The van der Waals surface area contributed by atoms with Crippen LogP contribution in [-0.2, 0) is 4.79 Å². The fourth-order valence-corrected chi connectivity index (χ4v) is 2.02. The third-order valence-corrected chi connectivity index (χ3v) is 3.19. The number of alkyl halides is 2. The van der Waals surface area contributed by atoms with Gasteiger partial charge in [-0.3, -0.25) is 9.59 Å². The normalized spacial score (nSPS) is 10.7. The van der Waals surface area contributed by atoms with Crippen LogP contribution >= 0.6 is 0 Å². The minimum atomic E-state index is -2.94. The number of hydrogen-bond donors (Lipinski definition) is 2. The second-order valence-corrected chi connectivity index (χ2v) is 4.90. The molecular formula is C18H16F2N2O3. The standard InChI is InChI=1S/C18H16F2N2O3/c1-21-17(24)13-6-9-14(10-7-13)22-16(23)11-8-12-4-2-3-5-15(12)25-18(19)20/h2-11,18H,1H3,(H,21,24)(H,22,23)/b11-8+. The third kappa shape index (κ3) is 5.42. The van der Waals surface area contributed by atoms with Gasteiger partial charge in [-0.1, -0.05) is 18.2 Å². The number of halogens is 2. The van der Waals surface area contributed by atoms with Crippen molar-refractivity contribution in [3.8, 4) is 5.75 Å². The van der Waals surface area contributed by atoms with Gasteiger partial charge in [-0.2, -0.15) is 8.78 Å². The molecule has 0 fully saturated rings. The summed E-state index contributed by atoms with van der Waals surface area (Å²) in [5, 5.41) is 5.11. The molecule has 2 N–H and O–H groups in total. The number of carbonyl (C=O) groups is 2. The van der Waals surface area contributed by atoms with Crippen molar-refractivity contribution in [3.05, 3.63) is 65.7 Å². The van der Waals surface area contributed by atoms with E-state index >= 15 is 0 Å². The highest BCUT2D eigenvalue weighted by Crippen LogP contribution is 2.21. The van der Waals surface area contributed by atoms with Gasteiger partial charge in [0.2, 0.25) is 5.91 Å². The van der Waals surface area contributed by atoms with Crippen LogP contribution in [0.4, 0.5) is 14.5 Å². The van der Waals surface area contributed by atoms with Crippen LogP contribution in [-0.4, -0.2) is 25.5 Å². The predicted molar refractivity (Wildman–Crippen MR) is 90.6 cm³/mol. The van der Waals surface area contributed by atoms with Gasteiger partial charge in [0.25, 0.3) is 5.91 Å². The summed E-state index contributed by atoms with van der Waals surface area (Å²) in [4.78, 5) is 23.4. The Bertz CT molecular complexity index is 774. The summed E-state index contributed by atoms with van der Waals surface area (Å²) < 4.78 is 29.1. The van der Waals surface area contributed by atoms with Gasteiger partial charge >= 0.3 is 6.61 Å². The Labute approximate surface area is 143 Å². The highest BCUT2D eigenvalue weighted by Gasteiger charge is 2.08. The van der Waals surface area contributed by atoms with E-state index in [1.54, 1.807) is 42.5 Å². The summed E-state index contributed by atoms with van der Waals surface area (Å²) in [6, 6.07) is 12.5. The summed E-state index contributed by atoms with van der Waals surface area (Å²) >= 11 is 0. The number of rotatable bonds is 6. The van der Waals surface area contributed by atoms with Crippen molar-refractivity contribution < 1.29 is 23.1 Å². The molecule has 0 saturated carbocycles. The maximum atomic E-state index is 12.3. The molecule has 0 aliphatic rings. The van der Waals surface area contributed by atoms with Crippen LogP contribution in [0, 0.1) is 0 Å². The molecule has 7 heteroatoms. The number of para-hydroxylation sites is 1. The lowest BCUT2D eigenvalue weighted by molar-refractivity contribution is -0.111. The van der Waals surface area contributed by atoms with E-state index in [9.17, 15) is 18.4 Å². The number of benzene rings is 2. The smallest absolute Gasteiger partial charge is 0.387 e. The van der Waals surface area contributed by atoms with Crippen LogP contribution in [0.2, 0.25) is 0 Å². The van der Waals surface area contributed by atoms with E-state index in [1.807, 2.05) is 0 Å². The Morgan fingerprint density at radius 1 is 1.08 bits per heavy atom. The number of anilines is 1. The fraction of sp³-hybridized carbons (Fsp3) is 0.111. The van der Waals surface area contributed by atoms with Crippen LogP contribution in [0.25, 0.3) is 6.08 Å². The minimum Gasteiger partial charge on any atom is -0.434 e. The molecule has 0 aromatic heterocycles. The molecule has 0 atom stereocenters. The average Bonchev–Trinajstić information content (AvgIpc) is 2.60. The molecule has 0 bridgehead atoms. The second-order valence-electron chi connectivity index (χ2n) is 4.90. The SMILES string of the molecule is CNC(=O)c1ccc(NC(=O)/C=C/c2ccccc2OC(F)F)cc1. The van der Waals surface area contributed by atoms with Gasteiger partial charge in [0.05, 0.1) is 0 Å². The Kier molecular flexibility index (Phi) is 6.22. The first-order valence-electron chi connectivity index (χ1n) is 7.34. The molecule has 0 heterocycles. The lowest BCUT2D eigenvalue weighted by Gasteiger charge is -2.07.